The second kappa shape index (κ2) is 71.6. The van der Waals surface area contributed by atoms with Crippen molar-refractivity contribution in [1.82, 2.24) is 0 Å². The number of esters is 3. The highest BCUT2D eigenvalue weighted by molar-refractivity contribution is 5.71. The Morgan fingerprint density at radius 1 is 0.253 bits per heavy atom. The van der Waals surface area contributed by atoms with Gasteiger partial charge in [-0.1, -0.05) is 351 Å². The summed E-state index contributed by atoms with van der Waals surface area (Å²) in [7, 11) is 0. The maximum atomic E-state index is 12.9. The van der Waals surface area contributed by atoms with Crippen LogP contribution in [0, 0.1) is 0 Å². The largest absolute Gasteiger partial charge is 0.462 e. The molecule has 0 saturated carbocycles. The van der Waals surface area contributed by atoms with E-state index in [1.807, 2.05) is 0 Å². The van der Waals surface area contributed by atoms with Crippen LogP contribution in [0.25, 0.3) is 0 Å². The number of rotatable bonds is 68. The first-order valence-electron chi connectivity index (χ1n) is 36.8. The molecule has 0 aromatic carbocycles. The SMILES string of the molecule is CC/C=C\C/C=C\C/C=C\C/C=C\CCCCCCCCCCCCCCCCCCCCCCC(=O)OCC(COC(=O)CCCCCCCCCCCCCCC)OC(=O)CCCCCCCCCCC/C=C\CCCCCCCC. The summed E-state index contributed by atoms with van der Waals surface area (Å²) in [4.78, 5) is 38.4. The van der Waals surface area contributed by atoms with Crippen LogP contribution in [0.5, 0.6) is 0 Å². The Labute approximate surface area is 517 Å². The van der Waals surface area contributed by atoms with Gasteiger partial charge in [0.25, 0.3) is 0 Å². The van der Waals surface area contributed by atoms with E-state index in [1.165, 1.54) is 270 Å². The third kappa shape index (κ3) is 69.8. The molecule has 6 nitrogen and oxygen atoms in total. The fourth-order valence-corrected chi connectivity index (χ4v) is 11.0. The third-order valence-corrected chi connectivity index (χ3v) is 16.5. The second-order valence-electron chi connectivity index (χ2n) is 24.8. The fourth-order valence-electron chi connectivity index (χ4n) is 11.0. The fraction of sp³-hybridized carbons (Fsp3) is 0.831. The van der Waals surface area contributed by atoms with Gasteiger partial charge in [-0.25, -0.2) is 0 Å². The molecule has 0 spiro atoms. The van der Waals surface area contributed by atoms with Gasteiger partial charge in [0.2, 0.25) is 0 Å². The molecule has 0 bridgehead atoms. The average molecular weight is 1160 g/mol. The summed E-state index contributed by atoms with van der Waals surface area (Å²) in [5, 5.41) is 0. The van der Waals surface area contributed by atoms with E-state index >= 15 is 0 Å². The van der Waals surface area contributed by atoms with Crippen LogP contribution in [0.1, 0.15) is 393 Å². The van der Waals surface area contributed by atoms with Crippen molar-refractivity contribution in [1.29, 1.82) is 0 Å². The number of allylic oxidation sites excluding steroid dienone is 10. The lowest BCUT2D eigenvalue weighted by molar-refractivity contribution is -0.167. The Bertz CT molecular complexity index is 1470. The van der Waals surface area contributed by atoms with Gasteiger partial charge in [-0.15, -0.1) is 0 Å². The lowest BCUT2D eigenvalue weighted by Gasteiger charge is -2.18. The van der Waals surface area contributed by atoms with Crippen LogP contribution >= 0.6 is 0 Å². The second-order valence-corrected chi connectivity index (χ2v) is 24.8. The van der Waals surface area contributed by atoms with E-state index in [-0.39, 0.29) is 31.1 Å². The number of ether oxygens (including phenoxy) is 3. The summed E-state index contributed by atoms with van der Waals surface area (Å²) in [6.45, 7) is 6.59. The molecule has 6 heteroatoms. The molecule has 0 aliphatic rings. The smallest absolute Gasteiger partial charge is 0.306 e. The van der Waals surface area contributed by atoms with E-state index in [1.54, 1.807) is 0 Å². The summed E-state index contributed by atoms with van der Waals surface area (Å²) in [5.74, 6) is -0.841. The molecule has 83 heavy (non-hydrogen) atoms. The molecule has 0 aromatic rings. The predicted octanol–water partition coefficient (Wildman–Crippen LogP) is 25.5. The van der Waals surface area contributed by atoms with Crippen LogP contribution in [-0.2, 0) is 28.6 Å². The van der Waals surface area contributed by atoms with Gasteiger partial charge in [-0.05, 0) is 83.5 Å². The van der Waals surface area contributed by atoms with Crippen molar-refractivity contribution in [2.45, 2.75) is 399 Å². The van der Waals surface area contributed by atoms with Gasteiger partial charge < -0.3 is 14.2 Å². The molecule has 0 saturated heterocycles. The molecule has 0 aliphatic carbocycles. The van der Waals surface area contributed by atoms with Gasteiger partial charge in [0.05, 0.1) is 0 Å². The van der Waals surface area contributed by atoms with Crippen molar-refractivity contribution in [3.8, 4) is 0 Å². The lowest BCUT2D eigenvalue weighted by atomic mass is 10.0. The van der Waals surface area contributed by atoms with Crippen LogP contribution < -0.4 is 0 Å². The minimum Gasteiger partial charge on any atom is -0.462 e. The first-order valence-corrected chi connectivity index (χ1v) is 36.8. The zero-order valence-corrected chi connectivity index (χ0v) is 55.7. The van der Waals surface area contributed by atoms with Crippen LogP contribution in [0.2, 0.25) is 0 Å². The van der Waals surface area contributed by atoms with Crippen molar-refractivity contribution in [2.24, 2.45) is 0 Å². The molecular formula is C77H140O6. The molecule has 0 aliphatic heterocycles. The van der Waals surface area contributed by atoms with E-state index in [4.69, 9.17) is 14.2 Å². The number of hydrogen-bond acceptors (Lipinski definition) is 6. The first-order chi connectivity index (χ1) is 41.0. The Morgan fingerprint density at radius 2 is 0.470 bits per heavy atom. The molecule has 0 heterocycles. The maximum Gasteiger partial charge on any atom is 0.306 e. The van der Waals surface area contributed by atoms with Gasteiger partial charge in [-0.2, -0.15) is 0 Å². The van der Waals surface area contributed by atoms with Crippen LogP contribution in [0.15, 0.2) is 60.8 Å². The van der Waals surface area contributed by atoms with Gasteiger partial charge in [0, 0.05) is 19.3 Å². The summed E-state index contributed by atoms with van der Waals surface area (Å²) < 4.78 is 17.0. The molecule has 0 rings (SSSR count). The van der Waals surface area contributed by atoms with Crippen molar-refractivity contribution >= 4 is 17.9 Å². The topological polar surface area (TPSA) is 78.9 Å². The molecular weight excluding hydrogens is 1020 g/mol. The number of unbranched alkanes of at least 4 members (excludes halogenated alkanes) is 47. The van der Waals surface area contributed by atoms with E-state index in [0.29, 0.717) is 19.3 Å². The zero-order chi connectivity index (χ0) is 59.9. The number of carbonyl (C=O) groups excluding carboxylic acids is 3. The van der Waals surface area contributed by atoms with Gasteiger partial charge in [0.15, 0.2) is 6.10 Å². The first kappa shape index (κ1) is 80.1. The lowest BCUT2D eigenvalue weighted by Crippen LogP contribution is -2.30. The Morgan fingerprint density at radius 3 is 0.747 bits per heavy atom. The maximum absolute atomic E-state index is 12.9. The molecule has 1 atom stereocenters. The molecule has 0 radical (unpaired) electrons. The summed E-state index contributed by atoms with van der Waals surface area (Å²) in [5.41, 5.74) is 0. The van der Waals surface area contributed by atoms with E-state index < -0.39 is 6.10 Å². The third-order valence-electron chi connectivity index (χ3n) is 16.5. The predicted molar refractivity (Wildman–Crippen MR) is 362 cm³/mol. The van der Waals surface area contributed by atoms with E-state index in [0.717, 1.165) is 83.5 Å². The summed E-state index contributed by atoms with van der Waals surface area (Å²) in [6.07, 6.45) is 92.6. The van der Waals surface area contributed by atoms with E-state index in [9.17, 15) is 14.4 Å². The van der Waals surface area contributed by atoms with E-state index in [2.05, 4.69) is 81.5 Å². The van der Waals surface area contributed by atoms with Gasteiger partial charge in [-0.3, -0.25) is 14.4 Å². The Hall–Kier alpha value is -2.89. The normalized spacial score (nSPS) is 12.4. The highest BCUT2D eigenvalue weighted by atomic mass is 16.6. The van der Waals surface area contributed by atoms with Gasteiger partial charge in [0.1, 0.15) is 13.2 Å². The molecule has 0 N–H and O–H groups in total. The van der Waals surface area contributed by atoms with Crippen molar-refractivity contribution in [3.05, 3.63) is 60.8 Å². The molecule has 484 valence electrons. The van der Waals surface area contributed by atoms with Crippen molar-refractivity contribution in [2.75, 3.05) is 13.2 Å². The quantitative estimate of drug-likeness (QED) is 0.0261. The summed E-state index contributed by atoms with van der Waals surface area (Å²) >= 11 is 0. The number of carbonyl (C=O) groups is 3. The Kier molecular flexibility index (Phi) is 69.1. The summed E-state index contributed by atoms with van der Waals surface area (Å²) in [6, 6.07) is 0. The van der Waals surface area contributed by atoms with Crippen LogP contribution in [0.3, 0.4) is 0 Å². The zero-order valence-electron chi connectivity index (χ0n) is 55.7. The Balaban J connectivity index is 4.14. The van der Waals surface area contributed by atoms with Crippen LogP contribution in [0.4, 0.5) is 0 Å². The average Bonchev–Trinajstić information content (AvgIpc) is 3.49. The minimum atomic E-state index is -0.772. The highest BCUT2D eigenvalue weighted by Gasteiger charge is 2.19. The standard InChI is InChI=1S/C77H140O6/c1-4-7-10-13-16-19-22-25-27-29-31-32-33-34-35-36-37-38-39-40-41-42-43-44-46-47-49-52-55-58-61-64-67-70-76(79)82-73-74(72-81-75(78)69-66-63-60-57-54-51-24-21-18-15-12-9-6-3)83-77(80)71-68-65-62-59-56-53-50-48-45-30-28-26-23-20-17-14-11-8-5-2/h7,10,16,19,25-28,31-32,74H,4-6,8-9,11-15,17-18,20-24,29-30,33-73H2,1-3H3/b10-7-,19-16-,27-25-,28-26-,32-31-. The van der Waals surface area contributed by atoms with Crippen molar-refractivity contribution in [3.63, 3.8) is 0 Å². The van der Waals surface area contributed by atoms with Crippen LogP contribution in [-0.4, -0.2) is 37.2 Å². The molecule has 0 amide bonds. The monoisotopic (exact) mass is 1160 g/mol. The number of hydrogen-bond donors (Lipinski definition) is 0. The molecule has 1 unspecified atom stereocenters. The molecule has 0 fully saturated rings. The minimum absolute atomic E-state index is 0.0678. The highest BCUT2D eigenvalue weighted by Crippen LogP contribution is 2.19. The molecule has 0 aromatic heterocycles. The van der Waals surface area contributed by atoms with Gasteiger partial charge >= 0.3 is 17.9 Å². The van der Waals surface area contributed by atoms with Crippen molar-refractivity contribution < 1.29 is 28.6 Å².